The standard InChI is InChI=1S/C33H35N3O5/c1-21-17-27(39-3)16-15-25(21)19-36(32(37)30-18-29(23-11-12-23)34-35(30)2)20-26-7-6-8-28(31(26)40-4)22-9-13-24(14-10-22)33(38)41-5/h6-10,13-18,23H,11-12,19-20H2,1-5H3. The molecule has 0 unspecified atom stereocenters. The van der Waals surface area contributed by atoms with Gasteiger partial charge in [-0.15, -0.1) is 0 Å². The van der Waals surface area contributed by atoms with E-state index in [1.165, 1.54) is 7.11 Å². The summed E-state index contributed by atoms with van der Waals surface area (Å²) in [4.78, 5) is 27.9. The van der Waals surface area contributed by atoms with E-state index in [1.807, 2.05) is 73.5 Å². The Morgan fingerprint density at radius 3 is 2.29 bits per heavy atom. The summed E-state index contributed by atoms with van der Waals surface area (Å²) in [5, 5.41) is 4.64. The fourth-order valence-corrected chi connectivity index (χ4v) is 5.10. The van der Waals surface area contributed by atoms with Crippen LogP contribution < -0.4 is 9.47 Å². The van der Waals surface area contributed by atoms with Crippen LogP contribution in [0.1, 0.15) is 62.0 Å². The van der Waals surface area contributed by atoms with Gasteiger partial charge in [-0.05, 0) is 66.8 Å². The maximum Gasteiger partial charge on any atom is 0.337 e. The minimum Gasteiger partial charge on any atom is -0.497 e. The second-order valence-electron chi connectivity index (χ2n) is 10.4. The zero-order chi connectivity index (χ0) is 29.1. The van der Waals surface area contributed by atoms with Gasteiger partial charge in [-0.2, -0.15) is 5.10 Å². The van der Waals surface area contributed by atoms with E-state index < -0.39 is 0 Å². The number of para-hydroxylation sites is 1. The molecule has 0 spiro atoms. The lowest BCUT2D eigenvalue weighted by molar-refractivity contribution is 0.0600. The lowest BCUT2D eigenvalue weighted by Crippen LogP contribution is -2.32. The molecule has 1 aromatic heterocycles. The summed E-state index contributed by atoms with van der Waals surface area (Å²) in [6, 6.07) is 20.9. The molecule has 1 saturated carbocycles. The van der Waals surface area contributed by atoms with E-state index in [1.54, 1.807) is 31.0 Å². The van der Waals surface area contributed by atoms with Gasteiger partial charge in [0, 0.05) is 30.6 Å². The zero-order valence-corrected chi connectivity index (χ0v) is 24.1. The Morgan fingerprint density at radius 2 is 1.66 bits per heavy atom. The van der Waals surface area contributed by atoms with Gasteiger partial charge in [0.15, 0.2) is 0 Å². The van der Waals surface area contributed by atoms with E-state index in [2.05, 4.69) is 5.10 Å². The van der Waals surface area contributed by atoms with E-state index >= 15 is 0 Å². The molecule has 0 N–H and O–H groups in total. The van der Waals surface area contributed by atoms with Crippen LogP contribution in [0.4, 0.5) is 0 Å². The van der Waals surface area contributed by atoms with Crippen molar-refractivity contribution in [3.8, 4) is 22.6 Å². The second-order valence-corrected chi connectivity index (χ2v) is 10.4. The van der Waals surface area contributed by atoms with Crippen LogP contribution in [0, 0.1) is 6.92 Å². The SMILES string of the molecule is COC(=O)c1ccc(-c2cccc(CN(Cc3ccc(OC)cc3C)C(=O)c3cc(C4CC4)nn3C)c2OC)cc1. The summed E-state index contributed by atoms with van der Waals surface area (Å²) in [6.45, 7) is 2.75. The number of ether oxygens (including phenoxy) is 3. The molecule has 41 heavy (non-hydrogen) atoms. The number of aryl methyl sites for hydroxylation is 2. The first-order chi connectivity index (χ1) is 19.8. The predicted octanol–water partition coefficient (Wildman–Crippen LogP) is 5.92. The molecule has 5 rings (SSSR count). The van der Waals surface area contributed by atoms with Crippen molar-refractivity contribution in [3.63, 3.8) is 0 Å². The molecule has 0 aliphatic heterocycles. The highest BCUT2D eigenvalue weighted by Gasteiger charge is 2.30. The number of hydrogen-bond donors (Lipinski definition) is 0. The third-order valence-electron chi connectivity index (χ3n) is 7.59. The number of benzene rings is 3. The minimum atomic E-state index is -0.389. The van der Waals surface area contributed by atoms with Crippen LogP contribution in [0.15, 0.2) is 66.7 Å². The number of amides is 1. The molecule has 1 amide bonds. The number of carbonyl (C=O) groups is 2. The molecule has 1 aliphatic rings. The van der Waals surface area contributed by atoms with Gasteiger partial charge in [0.25, 0.3) is 5.91 Å². The van der Waals surface area contributed by atoms with Gasteiger partial charge in [0.1, 0.15) is 17.2 Å². The molecule has 1 aliphatic carbocycles. The average Bonchev–Trinajstić information content (AvgIpc) is 3.78. The summed E-state index contributed by atoms with van der Waals surface area (Å²) in [5.74, 6) is 1.41. The maximum atomic E-state index is 14.1. The smallest absolute Gasteiger partial charge is 0.337 e. The van der Waals surface area contributed by atoms with Crippen LogP contribution >= 0.6 is 0 Å². The van der Waals surface area contributed by atoms with Crippen molar-refractivity contribution >= 4 is 11.9 Å². The van der Waals surface area contributed by atoms with Crippen molar-refractivity contribution < 1.29 is 23.8 Å². The molecule has 0 bridgehead atoms. The van der Waals surface area contributed by atoms with E-state index in [0.29, 0.717) is 36.0 Å². The number of hydrogen-bond acceptors (Lipinski definition) is 6. The minimum absolute atomic E-state index is 0.1000. The molecule has 3 aromatic carbocycles. The number of esters is 1. The summed E-state index contributed by atoms with van der Waals surface area (Å²) < 4.78 is 17.8. The fraction of sp³-hybridized carbons (Fsp3) is 0.303. The van der Waals surface area contributed by atoms with Crippen LogP contribution in [0.5, 0.6) is 11.5 Å². The molecule has 1 fully saturated rings. The van der Waals surface area contributed by atoms with Crippen molar-refractivity contribution in [2.75, 3.05) is 21.3 Å². The van der Waals surface area contributed by atoms with Crippen LogP contribution in [0.3, 0.4) is 0 Å². The Bertz CT molecular complexity index is 1570. The molecular formula is C33H35N3O5. The van der Waals surface area contributed by atoms with Gasteiger partial charge in [-0.25, -0.2) is 4.79 Å². The summed E-state index contributed by atoms with van der Waals surface area (Å²) in [7, 11) is 6.47. The fourth-order valence-electron chi connectivity index (χ4n) is 5.10. The Balaban J connectivity index is 1.51. The normalized spacial score (nSPS) is 12.6. The van der Waals surface area contributed by atoms with Gasteiger partial charge in [0.05, 0.1) is 39.1 Å². The van der Waals surface area contributed by atoms with E-state index in [-0.39, 0.29) is 11.9 Å². The third-order valence-corrected chi connectivity index (χ3v) is 7.59. The van der Waals surface area contributed by atoms with Crippen LogP contribution in [0.2, 0.25) is 0 Å². The average molecular weight is 554 g/mol. The largest absolute Gasteiger partial charge is 0.497 e. The van der Waals surface area contributed by atoms with Crippen LogP contribution in [-0.2, 0) is 24.9 Å². The molecule has 0 atom stereocenters. The quantitative estimate of drug-likeness (QED) is 0.227. The van der Waals surface area contributed by atoms with Crippen LogP contribution in [0.25, 0.3) is 11.1 Å². The van der Waals surface area contributed by atoms with Gasteiger partial charge in [0.2, 0.25) is 0 Å². The molecule has 0 saturated heterocycles. The molecule has 212 valence electrons. The van der Waals surface area contributed by atoms with E-state index in [0.717, 1.165) is 52.1 Å². The number of rotatable bonds is 10. The van der Waals surface area contributed by atoms with Gasteiger partial charge >= 0.3 is 5.97 Å². The molecule has 1 heterocycles. The van der Waals surface area contributed by atoms with Crippen molar-refractivity contribution in [2.45, 2.75) is 38.8 Å². The Labute approximate surface area is 240 Å². The first-order valence-corrected chi connectivity index (χ1v) is 13.6. The first-order valence-electron chi connectivity index (χ1n) is 13.6. The highest BCUT2D eigenvalue weighted by Crippen LogP contribution is 2.40. The van der Waals surface area contributed by atoms with E-state index in [9.17, 15) is 9.59 Å². The molecule has 8 heteroatoms. The summed E-state index contributed by atoms with van der Waals surface area (Å²) >= 11 is 0. The lowest BCUT2D eigenvalue weighted by atomic mass is 9.99. The highest BCUT2D eigenvalue weighted by atomic mass is 16.5. The monoisotopic (exact) mass is 553 g/mol. The number of carbonyl (C=O) groups excluding carboxylic acids is 2. The van der Waals surface area contributed by atoms with E-state index in [4.69, 9.17) is 14.2 Å². The Kier molecular flexibility index (Phi) is 8.10. The predicted molar refractivity (Wildman–Crippen MR) is 156 cm³/mol. The Morgan fingerprint density at radius 1 is 0.927 bits per heavy atom. The third kappa shape index (κ3) is 5.96. The van der Waals surface area contributed by atoms with Crippen molar-refractivity contribution in [2.24, 2.45) is 7.05 Å². The molecular weight excluding hydrogens is 518 g/mol. The topological polar surface area (TPSA) is 82.9 Å². The molecule has 0 radical (unpaired) electrons. The van der Waals surface area contributed by atoms with Crippen molar-refractivity contribution in [3.05, 3.63) is 100 Å². The second kappa shape index (κ2) is 11.9. The van der Waals surface area contributed by atoms with Gasteiger partial charge < -0.3 is 19.1 Å². The van der Waals surface area contributed by atoms with Crippen molar-refractivity contribution in [1.82, 2.24) is 14.7 Å². The number of aromatic nitrogens is 2. The summed E-state index contributed by atoms with van der Waals surface area (Å²) in [5.41, 5.74) is 6.70. The zero-order valence-electron chi connectivity index (χ0n) is 24.1. The highest BCUT2D eigenvalue weighted by molar-refractivity contribution is 5.93. The van der Waals surface area contributed by atoms with Gasteiger partial charge in [-0.1, -0.05) is 36.4 Å². The number of nitrogens with zero attached hydrogens (tertiary/aromatic N) is 3. The lowest BCUT2D eigenvalue weighted by Gasteiger charge is -2.25. The molecule has 4 aromatic rings. The first kappa shape index (κ1) is 28.0. The van der Waals surface area contributed by atoms with Crippen LogP contribution in [-0.4, -0.2) is 47.9 Å². The molecule has 8 nitrogen and oxygen atoms in total. The number of methoxy groups -OCH3 is 3. The maximum absolute atomic E-state index is 14.1. The van der Waals surface area contributed by atoms with Gasteiger partial charge in [-0.3, -0.25) is 9.48 Å². The Hall–Kier alpha value is -4.59. The van der Waals surface area contributed by atoms with Crippen molar-refractivity contribution in [1.29, 1.82) is 0 Å². The summed E-state index contributed by atoms with van der Waals surface area (Å²) in [6.07, 6.45) is 2.23.